The van der Waals surface area contributed by atoms with Crippen molar-refractivity contribution in [2.24, 2.45) is 0 Å². The summed E-state index contributed by atoms with van der Waals surface area (Å²) in [5, 5.41) is 5.72. The Kier molecular flexibility index (Phi) is 7.75. The Morgan fingerprint density at radius 1 is 1.12 bits per heavy atom. The smallest absolute Gasteiger partial charge is 0.415 e. The Labute approximate surface area is 189 Å². The quantitative estimate of drug-likeness (QED) is 0.483. The number of carbonyl (C=O) groups is 1. The maximum Gasteiger partial charge on any atom is 0.415 e. The molecule has 0 spiro atoms. The van der Waals surface area contributed by atoms with Crippen molar-refractivity contribution in [1.29, 1.82) is 0 Å². The van der Waals surface area contributed by atoms with E-state index in [0.29, 0.717) is 18.4 Å². The third-order valence-corrected chi connectivity index (χ3v) is 4.98. The first-order chi connectivity index (χ1) is 15.5. The molecule has 3 aromatic rings. The number of amides is 1. The monoisotopic (exact) mass is 428 g/mol. The second-order valence-corrected chi connectivity index (χ2v) is 7.36. The molecule has 1 N–H and O–H groups in total. The number of hydrogen-bond donors (Lipinski definition) is 1. The van der Waals surface area contributed by atoms with Gasteiger partial charge in [0.1, 0.15) is 12.4 Å². The van der Waals surface area contributed by atoms with Gasteiger partial charge in [0.25, 0.3) is 0 Å². The molecule has 2 atom stereocenters. The molecule has 0 saturated carbocycles. The second kappa shape index (κ2) is 10.9. The Morgan fingerprint density at radius 3 is 2.50 bits per heavy atom. The molecule has 0 aliphatic carbocycles. The van der Waals surface area contributed by atoms with E-state index < -0.39 is 0 Å². The van der Waals surface area contributed by atoms with Crippen molar-refractivity contribution in [1.82, 2.24) is 9.97 Å². The fourth-order valence-electron chi connectivity index (χ4n) is 3.30. The molecule has 1 unspecified atom stereocenters. The van der Waals surface area contributed by atoms with E-state index in [-0.39, 0.29) is 18.2 Å². The van der Waals surface area contributed by atoms with Crippen LogP contribution >= 0.6 is 0 Å². The number of carbonyl (C=O) groups excluding carboxylic acids is 1. The number of benzene rings is 2. The molecule has 6 heteroatoms. The summed E-state index contributed by atoms with van der Waals surface area (Å²) in [7, 11) is 0. The van der Waals surface area contributed by atoms with Gasteiger partial charge in [0.15, 0.2) is 0 Å². The number of allylic oxidation sites excluding steroid dienone is 4. The number of nitrogens with one attached hydrogen (secondary N) is 1. The van der Waals surface area contributed by atoms with E-state index in [1.165, 1.54) is 10.8 Å². The van der Waals surface area contributed by atoms with Crippen LogP contribution in [0, 0.1) is 0 Å². The number of fused-ring (bicyclic) bond motifs is 1. The first-order valence-electron chi connectivity index (χ1n) is 10.5. The van der Waals surface area contributed by atoms with Gasteiger partial charge in [-0.3, -0.25) is 4.90 Å². The maximum atomic E-state index is 11.9. The Morgan fingerprint density at radius 2 is 1.84 bits per heavy atom. The van der Waals surface area contributed by atoms with Gasteiger partial charge in [-0.15, -0.1) is 0 Å². The number of ether oxygens (including phenoxy) is 1. The second-order valence-electron chi connectivity index (χ2n) is 7.36. The van der Waals surface area contributed by atoms with Crippen LogP contribution in [0.5, 0.6) is 0 Å². The highest BCUT2D eigenvalue weighted by molar-refractivity contribution is 5.89. The zero-order valence-electron chi connectivity index (χ0n) is 18.4. The van der Waals surface area contributed by atoms with Crippen molar-refractivity contribution in [2.75, 3.05) is 16.8 Å². The highest BCUT2D eigenvalue weighted by atomic mass is 16.6. The van der Waals surface area contributed by atoms with E-state index in [9.17, 15) is 4.79 Å². The van der Waals surface area contributed by atoms with Crippen LogP contribution in [-0.4, -0.2) is 28.7 Å². The minimum Gasteiger partial charge on any atom is -0.447 e. The van der Waals surface area contributed by atoms with Crippen molar-refractivity contribution < 1.29 is 9.53 Å². The van der Waals surface area contributed by atoms with E-state index >= 15 is 0 Å². The predicted octanol–water partition coefficient (Wildman–Crippen LogP) is 6.06. The van der Waals surface area contributed by atoms with Crippen LogP contribution in [0.25, 0.3) is 10.8 Å². The normalized spacial score (nSPS) is 16.2. The summed E-state index contributed by atoms with van der Waals surface area (Å²) in [6, 6.07) is 16.3. The van der Waals surface area contributed by atoms with Crippen LogP contribution < -0.4 is 10.2 Å². The van der Waals surface area contributed by atoms with Gasteiger partial charge in [-0.1, -0.05) is 73.9 Å². The molecule has 2 aromatic carbocycles. The molecule has 2 heterocycles. The molecule has 6 nitrogen and oxygen atoms in total. The minimum atomic E-state index is -0.371. The van der Waals surface area contributed by atoms with Crippen LogP contribution in [0.4, 0.5) is 16.6 Å². The summed E-state index contributed by atoms with van der Waals surface area (Å²) in [4.78, 5) is 22.2. The maximum absolute atomic E-state index is 11.9. The molecule has 1 amide bonds. The molecule has 32 heavy (non-hydrogen) atoms. The Bertz CT molecular complexity index is 1120. The molecule has 164 valence electrons. The lowest BCUT2D eigenvalue weighted by Crippen LogP contribution is -2.31. The molecule has 1 fully saturated rings. The molecule has 4 rings (SSSR count). The highest BCUT2D eigenvalue weighted by Crippen LogP contribution is 2.25. The summed E-state index contributed by atoms with van der Waals surface area (Å²) in [5.74, 6) is 1.03. The van der Waals surface area contributed by atoms with Crippen LogP contribution in [0.2, 0.25) is 0 Å². The van der Waals surface area contributed by atoms with E-state index in [0.717, 1.165) is 5.56 Å². The standard InChI is InChI=1S/C20H20N4O2.C6H8/c1-13-12-26-20(25)24(13)18-9-10-21-19(23-18)22-14(2)16-8-7-15-5-3-4-6-17(15)11-16;1-3-5-6-4-2/h3-11,13-14H,12H2,1-2H3,(H,21,22,23);3-6H,1-2H2/b;6-5-/t13-,14?;/m1./s1. The first-order valence-corrected chi connectivity index (χ1v) is 10.5. The van der Waals surface area contributed by atoms with Gasteiger partial charge in [0.2, 0.25) is 5.95 Å². The largest absolute Gasteiger partial charge is 0.447 e. The number of cyclic esters (lactones) is 1. The number of aromatic nitrogens is 2. The molecule has 1 aliphatic heterocycles. The van der Waals surface area contributed by atoms with Gasteiger partial charge in [0, 0.05) is 6.20 Å². The molecule has 0 radical (unpaired) electrons. The molecule has 1 saturated heterocycles. The average molecular weight is 429 g/mol. The fourth-order valence-corrected chi connectivity index (χ4v) is 3.30. The molecular weight excluding hydrogens is 400 g/mol. The summed E-state index contributed by atoms with van der Waals surface area (Å²) >= 11 is 0. The lowest BCUT2D eigenvalue weighted by Gasteiger charge is -2.19. The van der Waals surface area contributed by atoms with E-state index in [2.05, 4.69) is 65.7 Å². The average Bonchev–Trinajstić information content (AvgIpc) is 3.15. The summed E-state index contributed by atoms with van der Waals surface area (Å²) in [5.41, 5.74) is 1.15. The minimum absolute atomic E-state index is 0.0257. The van der Waals surface area contributed by atoms with Crippen molar-refractivity contribution in [3.8, 4) is 0 Å². The number of anilines is 2. The van der Waals surface area contributed by atoms with Crippen LogP contribution in [0.3, 0.4) is 0 Å². The Hall–Kier alpha value is -3.93. The SMILES string of the molecule is C=C/C=C\C=C.CC(Nc1nccc(N2C(=O)OC[C@H]2C)n1)c1ccc2ccccc2c1. The molecular formula is C26H28N4O2. The molecule has 1 aliphatic rings. The van der Waals surface area contributed by atoms with Gasteiger partial charge in [-0.25, -0.2) is 9.78 Å². The Balaban J connectivity index is 0.000000427. The predicted molar refractivity (Wildman–Crippen MR) is 131 cm³/mol. The third-order valence-electron chi connectivity index (χ3n) is 4.98. The van der Waals surface area contributed by atoms with E-state index in [1.807, 2.05) is 31.2 Å². The van der Waals surface area contributed by atoms with Crippen LogP contribution in [-0.2, 0) is 4.74 Å². The zero-order valence-corrected chi connectivity index (χ0v) is 18.4. The summed E-state index contributed by atoms with van der Waals surface area (Å²) in [6.07, 6.45) is 8.35. The molecule has 0 bridgehead atoms. The number of rotatable bonds is 6. The van der Waals surface area contributed by atoms with Gasteiger partial charge in [-0.2, -0.15) is 4.98 Å². The van der Waals surface area contributed by atoms with Gasteiger partial charge < -0.3 is 10.1 Å². The van der Waals surface area contributed by atoms with E-state index in [4.69, 9.17) is 4.74 Å². The topological polar surface area (TPSA) is 67.4 Å². The van der Waals surface area contributed by atoms with Gasteiger partial charge in [0.05, 0.1) is 12.1 Å². The van der Waals surface area contributed by atoms with Crippen molar-refractivity contribution in [2.45, 2.75) is 25.9 Å². The highest BCUT2D eigenvalue weighted by Gasteiger charge is 2.32. The van der Waals surface area contributed by atoms with E-state index in [1.54, 1.807) is 29.3 Å². The van der Waals surface area contributed by atoms with Gasteiger partial charge >= 0.3 is 6.09 Å². The van der Waals surface area contributed by atoms with Crippen molar-refractivity contribution in [3.63, 3.8) is 0 Å². The van der Waals surface area contributed by atoms with Crippen molar-refractivity contribution in [3.05, 3.63) is 97.8 Å². The first kappa shape index (κ1) is 22.7. The van der Waals surface area contributed by atoms with Crippen LogP contribution in [0.1, 0.15) is 25.5 Å². The zero-order chi connectivity index (χ0) is 22.9. The number of hydrogen-bond acceptors (Lipinski definition) is 5. The summed E-state index contributed by atoms with van der Waals surface area (Å²) < 4.78 is 5.07. The van der Waals surface area contributed by atoms with Crippen molar-refractivity contribution >= 4 is 28.6 Å². The lowest BCUT2D eigenvalue weighted by atomic mass is 10.0. The van der Waals surface area contributed by atoms with Gasteiger partial charge in [-0.05, 0) is 42.3 Å². The number of nitrogens with zero attached hydrogens (tertiary/aromatic N) is 3. The summed E-state index contributed by atoms with van der Waals surface area (Å²) in [6.45, 7) is 11.3. The van der Waals surface area contributed by atoms with Crippen LogP contribution in [0.15, 0.2) is 92.2 Å². The fraction of sp³-hybridized carbons (Fsp3) is 0.192. The lowest BCUT2D eigenvalue weighted by molar-refractivity contribution is 0.179. The molecule has 1 aromatic heterocycles. The third kappa shape index (κ3) is 5.60.